The lowest BCUT2D eigenvalue weighted by Gasteiger charge is -2.35. The Balaban J connectivity index is 1.34. The van der Waals surface area contributed by atoms with E-state index in [2.05, 4.69) is 15.2 Å². The lowest BCUT2D eigenvalue weighted by atomic mass is 9.94. The molecule has 5 rings (SSSR count). The Hall–Kier alpha value is -2.74. The van der Waals surface area contributed by atoms with Crippen LogP contribution < -0.4 is 10.2 Å². The van der Waals surface area contributed by atoms with Crippen molar-refractivity contribution in [1.82, 2.24) is 15.2 Å². The molecule has 1 saturated heterocycles. The molecule has 7 nitrogen and oxygen atoms in total. The number of rotatable bonds is 5. The number of amides is 3. The molecule has 1 aromatic heterocycles. The van der Waals surface area contributed by atoms with Gasteiger partial charge in [0.1, 0.15) is 5.01 Å². The van der Waals surface area contributed by atoms with Gasteiger partial charge in [-0.3, -0.25) is 19.3 Å². The van der Waals surface area contributed by atoms with Crippen molar-refractivity contribution < 1.29 is 14.4 Å². The van der Waals surface area contributed by atoms with Crippen molar-refractivity contribution in [3.8, 4) is 0 Å². The van der Waals surface area contributed by atoms with Crippen LogP contribution in [0.2, 0.25) is 0 Å². The first-order valence-corrected chi connectivity index (χ1v) is 13.4. The maximum Gasteiger partial charge on any atom is 0.264 e. The minimum atomic E-state index is -0.417. The summed E-state index contributed by atoms with van der Waals surface area (Å²) >= 11 is 1.44. The second-order valence-corrected chi connectivity index (χ2v) is 10.6. The monoisotopic (exact) mass is 480 g/mol. The second kappa shape index (κ2) is 9.86. The number of aromatic nitrogens is 1. The molecular weight excluding hydrogens is 448 g/mol. The predicted octanol–water partition coefficient (Wildman–Crippen LogP) is 4.56. The molecule has 8 heteroatoms. The summed E-state index contributed by atoms with van der Waals surface area (Å²) in [6.07, 6.45) is 10.4. The fourth-order valence-electron chi connectivity index (χ4n) is 5.60. The Bertz CT molecular complexity index is 1060. The molecule has 1 aliphatic carbocycles. The lowest BCUT2D eigenvalue weighted by Crippen LogP contribution is -2.46. The van der Waals surface area contributed by atoms with Crippen molar-refractivity contribution >= 4 is 34.7 Å². The highest BCUT2D eigenvalue weighted by Gasteiger charge is 2.42. The topological polar surface area (TPSA) is 82.6 Å². The third-order valence-corrected chi connectivity index (χ3v) is 8.40. The number of hydrogen-bond acceptors (Lipinski definition) is 6. The van der Waals surface area contributed by atoms with Crippen LogP contribution in [0.15, 0.2) is 29.8 Å². The summed E-state index contributed by atoms with van der Waals surface area (Å²) in [5.41, 5.74) is 1.66. The largest absolute Gasteiger partial charge is 0.370 e. The zero-order chi connectivity index (χ0) is 23.7. The van der Waals surface area contributed by atoms with Crippen molar-refractivity contribution in [1.29, 1.82) is 0 Å². The van der Waals surface area contributed by atoms with Gasteiger partial charge in [0.15, 0.2) is 0 Å². The first-order chi connectivity index (χ1) is 16.5. The van der Waals surface area contributed by atoms with Gasteiger partial charge in [-0.15, -0.1) is 11.3 Å². The number of thiazole rings is 1. The van der Waals surface area contributed by atoms with Gasteiger partial charge in [0.2, 0.25) is 5.91 Å². The van der Waals surface area contributed by atoms with Crippen LogP contribution in [0.5, 0.6) is 0 Å². The van der Waals surface area contributed by atoms with Gasteiger partial charge in [-0.2, -0.15) is 0 Å². The van der Waals surface area contributed by atoms with Crippen LogP contribution in [-0.2, 0) is 4.79 Å². The van der Waals surface area contributed by atoms with Crippen LogP contribution in [0.4, 0.5) is 5.69 Å². The highest BCUT2D eigenvalue weighted by Crippen LogP contribution is 2.38. The predicted molar refractivity (Wildman–Crippen MR) is 132 cm³/mol. The van der Waals surface area contributed by atoms with Crippen LogP contribution in [0.25, 0.3) is 0 Å². The van der Waals surface area contributed by atoms with Crippen molar-refractivity contribution in [3.63, 3.8) is 0 Å². The Morgan fingerprint density at radius 2 is 1.88 bits per heavy atom. The van der Waals surface area contributed by atoms with Crippen molar-refractivity contribution in [3.05, 3.63) is 45.9 Å². The summed E-state index contributed by atoms with van der Waals surface area (Å²) in [6.45, 7) is 3.18. The molecule has 0 radical (unpaired) electrons. The Morgan fingerprint density at radius 3 is 2.62 bits per heavy atom. The number of anilines is 1. The van der Waals surface area contributed by atoms with Gasteiger partial charge in [0, 0.05) is 30.7 Å². The normalized spacial score (nSPS) is 22.4. The number of fused-ring (bicyclic) bond motifs is 1. The molecule has 1 aromatic carbocycles. The van der Waals surface area contributed by atoms with Crippen molar-refractivity contribution in [2.45, 2.75) is 70.4 Å². The Labute approximate surface area is 204 Å². The second-order valence-electron chi connectivity index (χ2n) is 9.71. The highest BCUT2D eigenvalue weighted by molar-refractivity contribution is 7.09. The maximum atomic E-state index is 13.5. The fourth-order valence-corrected chi connectivity index (χ4v) is 6.29. The summed E-state index contributed by atoms with van der Waals surface area (Å²) in [4.78, 5) is 47.6. The summed E-state index contributed by atoms with van der Waals surface area (Å²) < 4.78 is 0. The van der Waals surface area contributed by atoms with Crippen LogP contribution in [-0.4, -0.2) is 46.7 Å². The number of carbonyl (C=O) groups excluding carboxylic acids is 3. The lowest BCUT2D eigenvalue weighted by molar-refractivity contribution is -0.126. The Morgan fingerprint density at radius 1 is 1.09 bits per heavy atom. The number of hydrogen-bond donors (Lipinski definition) is 1. The minimum absolute atomic E-state index is 0.106. The average molecular weight is 481 g/mol. The average Bonchev–Trinajstić information content (AvgIpc) is 3.39. The van der Waals surface area contributed by atoms with Gasteiger partial charge >= 0.3 is 0 Å². The summed E-state index contributed by atoms with van der Waals surface area (Å²) in [6, 6.07) is 5.35. The molecule has 34 heavy (non-hydrogen) atoms. The first kappa shape index (κ1) is 23.0. The van der Waals surface area contributed by atoms with E-state index >= 15 is 0 Å². The number of benzene rings is 1. The number of imide groups is 1. The fraction of sp³-hybridized carbons (Fsp3) is 0.538. The van der Waals surface area contributed by atoms with E-state index in [-0.39, 0.29) is 29.7 Å². The smallest absolute Gasteiger partial charge is 0.264 e. The van der Waals surface area contributed by atoms with E-state index in [0.717, 1.165) is 42.9 Å². The molecular formula is C26H32N4O3S. The molecule has 2 atom stereocenters. The van der Waals surface area contributed by atoms with Gasteiger partial charge in [0.05, 0.1) is 28.8 Å². The SMILES string of the molecule is C[C@H](c1nccs1)N1C(=O)c2cccc(N3CCC[C@@H](C(=O)NC4CCCCCC4)C3)c2C1=O. The van der Waals surface area contributed by atoms with E-state index < -0.39 is 6.04 Å². The van der Waals surface area contributed by atoms with Gasteiger partial charge in [-0.25, -0.2) is 4.98 Å². The molecule has 2 fully saturated rings. The maximum absolute atomic E-state index is 13.5. The molecule has 180 valence electrons. The highest BCUT2D eigenvalue weighted by atomic mass is 32.1. The van der Waals surface area contributed by atoms with E-state index in [1.54, 1.807) is 12.3 Å². The standard InChI is InChI=1S/C26H32N4O3S/c1-17(24-27-13-15-34-24)30-25(32)20-11-6-12-21(22(20)26(30)33)29-14-7-8-18(16-29)23(31)28-19-9-4-2-3-5-10-19/h6,11-13,15,17-19H,2-5,7-10,14,16H2,1H3,(H,28,31)/t17-,18-/m1/s1. The first-order valence-electron chi connectivity index (χ1n) is 12.5. The molecule has 0 unspecified atom stereocenters. The summed E-state index contributed by atoms with van der Waals surface area (Å²) in [5, 5.41) is 5.90. The number of carbonyl (C=O) groups is 3. The molecule has 3 heterocycles. The van der Waals surface area contributed by atoms with Crippen molar-refractivity contribution in [2.75, 3.05) is 18.0 Å². The van der Waals surface area contributed by atoms with Gasteiger partial charge in [-0.1, -0.05) is 31.7 Å². The van der Waals surface area contributed by atoms with E-state index in [9.17, 15) is 14.4 Å². The quantitative estimate of drug-likeness (QED) is 0.501. The Kier molecular flexibility index (Phi) is 6.68. The third-order valence-electron chi connectivity index (χ3n) is 7.45. The van der Waals surface area contributed by atoms with Gasteiger partial charge in [0.25, 0.3) is 11.8 Å². The van der Waals surface area contributed by atoms with E-state index in [4.69, 9.17) is 0 Å². The molecule has 1 N–H and O–H groups in total. The number of piperidine rings is 1. The molecule has 0 bridgehead atoms. The zero-order valence-electron chi connectivity index (χ0n) is 19.7. The molecule has 3 aliphatic rings. The molecule has 2 aliphatic heterocycles. The van der Waals surface area contributed by atoms with Crippen LogP contribution in [0, 0.1) is 5.92 Å². The number of nitrogens with zero attached hydrogens (tertiary/aromatic N) is 3. The van der Waals surface area contributed by atoms with Gasteiger partial charge in [-0.05, 0) is 44.7 Å². The summed E-state index contributed by atoms with van der Waals surface area (Å²) in [7, 11) is 0. The molecule has 3 amide bonds. The van der Waals surface area contributed by atoms with Gasteiger partial charge < -0.3 is 10.2 Å². The van der Waals surface area contributed by atoms with Crippen LogP contribution in [0.1, 0.15) is 90.1 Å². The minimum Gasteiger partial charge on any atom is -0.370 e. The van der Waals surface area contributed by atoms with Crippen molar-refractivity contribution in [2.24, 2.45) is 5.92 Å². The van der Waals surface area contributed by atoms with Crippen LogP contribution >= 0.6 is 11.3 Å². The summed E-state index contributed by atoms with van der Waals surface area (Å²) in [5.74, 6) is -0.524. The molecule has 0 spiro atoms. The molecule has 2 aromatic rings. The van der Waals surface area contributed by atoms with E-state index in [1.165, 1.54) is 41.9 Å². The third kappa shape index (κ3) is 4.35. The molecule has 1 saturated carbocycles. The van der Waals surface area contributed by atoms with Crippen LogP contribution in [0.3, 0.4) is 0 Å². The zero-order valence-corrected chi connectivity index (χ0v) is 20.5. The number of nitrogens with one attached hydrogen (secondary N) is 1. The van der Waals surface area contributed by atoms with E-state index in [1.807, 2.05) is 24.4 Å². The van der Waals surface area contributed by atoms with E-state index in [0.29, 0.717) is 17.7 Å².